The molecule has 0 bridgehead atoms. The first-order valence-corrected chi connectivity index (χ1v) is 6.04. The van der Waals surface area contributed by atoms with E-state index in [1.54, 1.807) is 6.07 Å². The number of carboxylic acid groups (broad SMARTS) is 1. The molecule has 1 rings (SSSR count). The Morgan fingerprint density at radius 1 is 1.50 bits per heavy atom. The molecular formula is C10H5BrF3NO2S. The maximum Gasteiger partial charge on any atom is 0.446 e. The van der Waals surface area contributed by atoms with Crippen molar-refractivity contribution in [2.45, 2.75) is 16.8 Å². The fourth-order valence-electron chi connectivity index (χ4n) is 1.24. The minimum absolute atomic E-state index is 0.0456. The van der Waals surface area contributed by atoms with Crippen LogP contribution in [0.25, 0.3) is 0 Å². The van der Waals surface area contributed by atoms with Crippen molar-refractivity contribution in [3.63, 3.8) is 0 Å². The molecule has 0 aliphatic rings. The molecule has 8 heteroatoms. The fraction of sp³-hybridized carbons (Fsp3) is 0.200. The third-order valence-corrected chi connectivity index (χ3v) is 3.61. The van der Waals surface area contributed by atoms with E-state index in [0.717, 1.165) is 6.07 Å². The molecule has 0 atom stereocenters. The fourth-order valence-corrected chi connectivity index (χ4v) is 2.63. The van der Waals surface area contributed by atoms with Gasteiger partial charge in [0.1, 0.15) is 0 Å². The molecule has 0 saturated carbocycles. The summed E-state index contributed by atoms with van der Waals surface area (Å²) in [5.74, 6) is -1.26. The van der Waals surface area contributed by atoms with Crippen LogP contribution in [0.5, 0.6) is 0 Å². The smallest absolute Gasteiger partial charge is 0.446 e. The molecule has 0 unspecified atom stereocenters. The van der Waals surface area contributed by atoms with Crippen molar-refractivity contribution in [3.8, 4) is 6.07 Å². The number of nitriles is 1. The van der Waals surface area contributed by atoms with Gasteiger partial charge in [-0.25, -0.2) is 0 Å². The average Bonchev–Trinajstić information content (AvgIpc) is 2.20. The normalized spacial score (nSPS) is 11.1. The molecule has 1 N–H and O–H groups in total. The topological polar surface area (TPSA) is 61.1 Å². The highest BCUT2D eigenvalue weighted by atomic mass is 79.9. The molecule has 0 spiro atoms. The summed E-state index contributed by atoms with van der Waals surface area (Å²) in [6, 6.07) is 4.13. The molecule has 1 aromatic rings. The first kappa shape index (κ1) is 14.9. The maximum absolute atomic E-state index is 12.4. The third-order valence-electron chi connectivity index (χ3n) is 1.81. The van der Waals surface area contributed by atoms with Crippen LogP contribution in [0.1, 0.15) is 11.1 Å². The van der Waals surface area contributed by atoms with Crippen LogP contribution in [0, 0.1) is 11.3 Å². The first-order chi connectivity index (χ1) is 8.23. The van der Waals surface area contributed by atoms with E-state index < -0.39 is 29.7 Å². The number of hydrogen-bond donors (Lipinski definition) is 1. The number of rotatable bonds is 3. The lowest BCUT2D eigenvalue weighted by Gasteiger charge is -2.12. The van der Waals surface area contributed by atoms with Crippen LogP contribution < -0.4 is 0 Å². The van der Waals surface area contributed by atoms with Gasteiger partial charge in [-0.1, -0.05) is 0 Å². The van der Waals surface area contributed by atoms with Gasteiger partial charge in [0.15, 0.2) is 0 Å². The van der Waals surface area contributed by atoms with Crippen molar-refractivity contribution < 1.29 is 23.1 Å². The lowest BCUT2D eigenvalue weighted by molar-refractivity contribution is -0.136. The van der Waals surface area contributed by atoms with E-state index >= 15 is 0 Å². The summed E-state index contributed by atoms with van der Waals surface area (Å²) in [4.78, 5) is 10.4. The molecule has 0 radical (unpaired) electrons. The van der Waals surface area contributed by atoms with Crippen LogP contribution in [0.15, 0.2) is 21.5 Å². The molecule has 0 amide bonds. The Hall–Kier alpha value is -1.20. The van der Waals surface area contributed by atoms with Crippen LogP contribution in [0.3, 0.4) is 0 Å². The highest BCUT2D eigenvalue weighted by Gasteiger charge is 2.32. The van der Waals surface area contributed by atoms with Crippen molar-refractivity contribution in [2.24, 2.45) is 0 Å². The number of thioether (sulfide) groups is 1. The van der Waals surface area contributed by atoms with Crippen LogP contribution >= 0.6 is 27.7 Å². The van der Waals surface area contributed by atoms with Gasteiger partial charge in [-0.05, 0) is 45.4 Å². The van der Waals surface area contributed by atoms with Gasteiger partial charge < -0.3 is 5.11 Å². The van der Waals surface area contributed by atoms with Gasteiger partial charge in [-0.15, -0.1) is 0 Å². The first-order valence-electron chi connectivity index (χ1n) is 4.43. The molecule has 1 aromatic carbocycles. The van der Waals surface area contributed by atoms with Crippen molar-refractivity contribution in [2.75, 3.05) is 0 Å². The van der Waals surface area contributed by atoms with Gasteiger partial charge in [-0.2, -0.15) is 18.4 Å². The second kappa shape index (κ2) is 5.63. The van der Waals surface area contributed by atoms with E-state index in [-0.39, 0.29) is 20.5 Å². The third kappa shape index (κ3) is 4.23. The van der Waals surface area contributed by atoms with Crippen molar-refractivity contribution in [1.29, 1.82) is 5.26 Å². The van der Waals surface area contributed by atoms with Gasteiger partial charge in [0, 0.05) is 9.37 Å². The lowest BCUT2D eigenvalue weighted by Crippen LogP contribution is -2.06. The molecule has 0 saturated heterocycles. The van der Waals surface area contributed by atoms with E-state index in [2.05, 4.69) is 15.9 Å². The monoisotopic (exact) mass is 339 g/mol. The Morgan fingerprint density at radius 2 is 2.11 bits per heavy atom. The molecular weight excluding hydrogens is 335 g/mol. The number of benzene rings is 1. The summed E-state index contributed by atoms with van der Waals surface area (Å²) in [6.45, 7) is 0. The van der Waals surface area contributed by atoms with Crippen LogP contribution in [0.4, 0.5) is 13.2 Å². The summed E-state index contributed by atoms with van der Waals surface area (Å²) < 4.78 is 37.1. The minimum Gasteiger partial charge on any atom is -0.481 e. The highest BCUT2D eigenvalue weighted by Crippen LogP contribution is 2.42. The van der Waals surface area contributed by atoms with E-state index in [9.17, 15) is 18.0 Å². The quantitative estimate of drug-likeness (QED) is 0.855. The van der Waals surface area contributed by atoms with Crippen molar-refractivity contribution in [1.82, 2.24) is 0 Å². The van der Waals surface area contributed by atoms with E-state index in [4.69, 9.17) is 10.4 Å². The Balaban J connectivity index is 3.29. The molecule has 18 heavy (non-hydrogen) atoms. The average molecular weight is 340 g/mol. The Morgan fingerprint density at radius 3 is 2.56 bits per heavy atom. The largest absolute Gasteiger partial charge is 0.481 e. The van der Waals surface area contributed by atoms with Crippen LogP contribution in [0.2, 0.25) is 0 Å². The Kier molecular flexibility index (Phi) is 4.65. The zero-order valence-electron chi connectivity index (χ0n) is 8.58. The number of halogens is 4. The molecule has 0 aromatic heterocycles. The lowest BCUT2D eigenvalue weighted by atomic mass is 10.1. The number of nitrogens with zero attached hydrogens (tertiary/aromatic N) is 1. The summed E-state index contributed by atoms with van der Waals surface area (Å²) in [5.41, 5.74) is -4.47. The zero-order chi connectivity index (χ0) is 13.9. The highest BCUT2D eigenvalue weighted by molar-refractivity contribution is 9.10. The predicted molar refractivity (Wildman–Crippen MR) is 62.1 cm³/mol. The molecule has 3 nitrogen and oxygen atoms in total. The number of carboxylic acids is 1. The predicted octanol–water partition coefficient (Wildman–Crippen LogP) is 3.56. The standard InChI is InChI=1S/C10H5BrF3NO2S/c11-7-2-5(4-15)1-6(3-8(16)17)9(7)18-10(12,13)14/h1-2H,3H2,(H,16,17). The molecule has 0 fully saturated rings. The number of hydrogen-bond acceptors (Lipinski definition) is 3. The summed E-state index contributed by atoms with van der Waals surface area (Å²) >= 11 is 2.51. The van der Waals surface area contributed by atoms with Gasteiger partial charge >= 0.3 is 11.5 Å². The number of carbonyl (C=O) groups is 1. The zero-order valence-corrected chi connectivity index (χ0v) is 11.0. The van der Waals surface area contributed by atoms with E-state index in [1.165, 1.54) is 6.07 Å². The second-order valence-corrected chi connectivity index (χ2v) is 5.11. The molecule has 0 aliphatic heterocycles. The Bertz CT molecular complexity index is 525. The van der Waals surface area contributed by atoms with Gasteiger partial charge in [0.2, 0.25) is 0 Å². The van der Waals surface area contributed by atoms with Gasteiger partial charge in [0.05, 0.1) is 18.1 Å². The summed E-state index contributed by atoms with van der Waals surface area (Å²) in [6.07, 6.45) is -0.577. The summed E-state index contributed by atoms with van der Waals surface area (Å²) in [7, 11) is 0. The summed E-state index contributed by atoms with van der Waals surface area (Å²) in [5, 5.41) is 17.4. The minimum atomic E-state index is -4.52. The number of alkyl halides is 3. The number of aliphatic carboxylic acids is 1. The van der Waals surface area contributed by atoms with E-state index in [1.807, 2.05) is 0 Å². The van der Waals surface area contributed by atoms with Crippen molar-refractivity contribution >= 4 is 33.7 Å². The van der Waals surface area contributed by atoms with Crippen molar-refractivity contribution in [3.05, 3.63) is 27.7 Å². The Labute approximate surface area is 113 Å². The maximum atomic E-state index is 12.4. The van der Waals surface area contributed by atoms with Crippen LogP contribution in [-0.4, -0.2) is 16.6 Å². The SMILES string of the molecule is N#Cc1cc(Br)c(SC(F)(F)F)c(CC(=O)O)c1. The molecule has 0 aliphatic carbocycles. The van der Waals surface area contributed by atoms with Crippen LogP contribution in [-0.2, 0) is 11.2 Å². The van der Waals surface area contributed by atoms with Gasteiger partial charge in [-0.3, -0.25) is 4.79 Å². The molecule has 0 heterocycles. The van der Waals surface area contributed by atoms with E-state index in [0.29, 0.717) is 0 Å². The second-order valence-electron chi connectivity index (χ2n) is 3.18. The molecule has 96 valence electrons. The van der Waals surface area contributed by atoms with Gasteiger partial charge in [0.25, 0.3) is 0 Å².